The van der Waals surface area contributed by atoms with E-state index in [1.54, 1.807) is 0 Å². The van der Waals surface area contributed by atoms with E-state index in [4.69, 9.17) is 10.8 Å². The molecule has 0 spiro atoms. The molecule has 0 aliphatic heterocycles. The smallest absolute Gasteiger partial charge is 0.281 e. The van der Waals surface area contributed by atoms with Gasteiger partial charge in [0.2, 0.25) is 0 Å². The van der Waals surface area contributed by atoms with Crippen LogP contribution in [0.4, 0.5) is 8.78 Å². The van der Waals surface area contributed by atoms with Gasteiger partial charge in [-0.1, -0.05) is 0 Å². The van der Waals surface area contributed by atoms with Gasteiger partial charge in [0.05, 0.1) is 30.7 Å². The number of hydrogen-bond acceptors (Lipinski definition) is 4. The summed E-state index contributed by atoms with van der Waals surface area (Å²) in [5, 5.41) is 8.64. The topological polar surface area (TPSA) is 72.0 Å². The normalized spacial score (nSPS) is 13.3. The molecule has 0 aromatic carbocycles. The Kier molecular flexibility index (Phi) is 3.21. The third-order valence-electron chi connectivity index (χ3n) is 1.47. The average Bonchev–Trinajstić information content (AvgIpc) is 2.17. The van der Waals surface area contributed by atoms with Crippen molar-refractivity contribution in [3.63, 3.8) is 0 Å². The highest BCUT2D eigenvalue weighted by molar-refractivity contribution is 5.07. The minimum Gasteiger partial charge on any atom is -0.394 e. The average molecular weight is 189 g/mol. The number of alkyl halides is 2. The number of aliphatic hydroxyl groups excluding tert-OH is 1. The number of nitrogens with zero attached hydrogens (tertiary/aromatic N) is 2. The van der Waals surface area contributed by atoms with Crippen molar-refractivity contribution in [1.29, 1.82) is 0 Å². The Bertz CT molecular complexity index is 282. The second-order valence-electron chi connectivity index (χ2n) is 2.46. The third-order valence-corrected chi connectivity index (χ3v) is 1.47. The number of rotatable bonds is 3. The molecule has 0 fully saturated rings. The molecule has 0 amide bonds. The van der Waals surface area contributed by atoms with E-state index in [0.29, 0.717) is 0 Å². The molecule has 0 radical (unpaired) electrons. The maximum Gasteiger partial charge on any atom is 0.281 e. The molecule has 1 aromatic rings. The molecule has 0 saturated heterocycles. The summed E-state index contributed by atoms with van der Waals surface area (Å²) in [4.78, 5) is 7.09. The first-order valence-corrected chi connectivity index (χ1v) is 3.61. The molecule has 3 N–H and O–H groups in total. The summed E-state index contributed by atoms with van der Waals surface area (Å²) in [7, 11) is 0. The first-order chi connectivity index (χ1) is 6.15. The molecule has 72 valence electrons. The second-order valence-corrected chi connectivity index (χ2v) is 2.46. The number of aromatic nitrogens is 2. The zero-order valence-corrected chi connectivity index (χ0v) is 6.69. The molecule has 1 aromatic heterocycles. The Balaban J connectivity index is 2.91. The Labute approximate surface area is 73.4 Å². The van der Waals surface area contributed by atoms with Crippen molar-refractivity contribution in [2.45, 2.75) is 12.5 Å². The highest BCUT2D eigenvalue weighted by Gasteiger charge is 2.12. The maximum atomic E-state index is 12.1. The lowest BCUT2D eigenvalue weighted by Gasteiger charge is -2.07. The van der Waals surface area contributed by atoms with E-state index >= 15 is 0 Å². The van der Waals surface area contributed by atoms with E-state index in [1.165, 1.54) is 6.20 Å². The molecule has 0 bridgehead atoms. The standard InChI is InChI=1S/C7H9F2N3O/c8-7(9)6-2-11-1-5(12-6)4(10)3-13/h1-2,4,7,13H,3,10H2. The summed E-state index contributed by atoms with van der Waals surface area (Å²) in [6, 6.07) is -0.758. The molecule has 1 rings (SSSR count). The number of nitrogens with two attached hydrogens (primary N) is 1. The van der Waals surface area contributed by atoms with Crippen LogP contribution in [0.5, 0.6) is 0 Å². The van der Waals surface area contributed by atoms with Crippen LogP contribution in [0, 0.1) is 0 Å². The predicted molar refractivity (Wildman–Crippen MR) is 41.0 cm³/mol. The zero-order valence-electron chi connectivity index (χ0n) is 6.69. The van der Waals surface area contributed by atoms with Crippen LogP contribution >= 0.6 is 0 Å². The number of aliphatic hydroxyl groups is 1. The SMILES string of the molecule is NC(CO)c1cncc(C(F)F)n1. The zero-order chi connectivity index (χ0) is 9.84. The van der Waals surface area contributed by atoms with Gasteiger partial charge in [0, 0.05) is 0 Å². The van der Waals surface area contributed by atoms with Crippen LogP contribution < -0.4 is 5.73 Å². The van der Waals surface area contributed by atoms with E-state index in [-0.39, 0.29) is 12.3 Å². The minimum atomic E-state index is -2.67. The third kappa shape index (κ3) is 2.40. The van der Waals surface area contributed by atoms with Crippen LogP contribution in [-0.2, 0) is 0 Å². The van der Waals surface area contributed by atoms with Gasteiger partial charge in [-0.15, -0.1) is 0 Å². The van der Waals surface area contributed by atoms with Gasteiger partial charge in [-0.05, 0) is 0 Å². The number of halogens is 2. The number of hydrogen-bond donors (Lipinski definition) is 2. The van der Waals surface area contributed by atoms with Gasteiger partial charge in [0.1, 0.15) is 5.69 Å². The molecular weight excluding hydrogens is 180 g/mol. The minimum absolute atomic E-state index is 0.167. The molecule has 13 heavy (non-hydrogen) atoms. The summed E-state index contributed by atoms with van der Waals surface area (Å²) in [6.07, 6.45) is -0.441. The van der Waals surface area contributed by atoms with Crippen molar-refractivity contribution in [2.24, 2.45) is 5.73 Å². The first kappa shape index (κ1) is 9.94. The Morgan fingerprint density at radius 2 is 2.00 bits per heavy atom. The van der Waals surface area contributed by atoms with Crippen molar-refractivity contribution in [1.82, 2.24) is 9.97 Å². The molecule has 4 nitrogen and oxygen atoms in total. The van der Waals surface area contributed by atoms with Crippen molar-refractivity contribution in [2.75, 3.05) is 6.61 Å². The molecule has 0 saturated carbocycles. The van der Waals surface area contributed by atoms with E-state index < -0.39 is 18.2 Å². The van der Waals surface area contributed by atoms with Gasteiger partial charge in [0.15, 0.2) is 0 Å². The van der Waals surface area contributed by atoms with E-state index in [2.05, 4.69) is 9.97 Å². The van der Waals surface area contributed by atoms with Crippen LogP contribution in [0.15, 0.2) is 12.4 Å². The van der Waals surface area contributed by atoms with E-state index in [0.717, 1.165) is 6.20 Å². The lowest BCUT2D eigenvalue weighted by atomic mass is 10.2. The monoisotopic (exact) mass is 189 g/mol. The highest BCUT2D eigenvalue weighted by Crippen LogP contribution is 2.16. The lowest BCUT2D eigenvalue weighted by Crippen LogP contribution is -2.17. The van der Waals surface area contributed by atoms with E-state index in [9.17, 15) is 8.78 Å². The summed E-state index contributed by atoms with van der Waals surface area (Å²) in [5.41, 5.74) is 5.10. The van der Waals surface area contributed by atoms with Gasteiger partial charge in [-0.25, -0.2) is 13.8 Å². The molecule has 1 atom stereocenters. The van der Waals surface area contributed by atoms with E-state index in [1.807, 2.05) is 0 Å². The summed E-state index contributed by atoms with van der Waals surface area (Å²) >= 11 is 0. The van der Waals surface area contributed by atoms with Crippen molar-refractivity contribution < 1.29 is 13.9 Å². The summed E-state index contributed by atoms with van der Waals surface area (Å²) in [5.74, 6) is 0. The van der Waals surface area contributed by atoms with Crippen molar-refractivity contribution in [3.05, 3.63) is 23.8 Å². The Morgan fingerprint density at radius 1 is 1.38 bits per heavy atom. The molecular formula is C7H9F2N3O. The maximum absolute atomic E-state index is 12.1. The summed E-state index contributed by atoms with van der Waals surface area (Å²) in [6.45, 7) is -0.346. The van der Waals surface area contributed by atoms with Crippen LogP contribution in [0.25, 0.3) is 0 Å². The van der Waals surface area contributed by atoms with Crippen molar-refractivity contribution in [3.8, 4) is 0 Å². The van der Waals surface area contributed by atoms with Gasteiger partial charge in [-0.2, -0.15) is 0 Å². The first-order valence-electron chi connectivity index (χ1n) is 3.61. The molecule has 1 heterocycles. The van der Waals surface area contributed by atoms with Crippen LogP contribution in [0.2, 0.25) is 0 Å². The second kappa shape index (κ2) is 4.20. The molecule has 0 aliphatic rings. The van der Waals surface area contributed by atoms with Gasteiger partial charge in [-0.3, -0.25) is 4.98 Å². The quantitative estimate of drug-likeness (QED) is 0.722. The molecule has 1 unspecified atom stereocenters. The highest BCUT2D eigenvalue weighted by atomic mass is 19.3. The van der Waals surface area contributed by atoms with Crippen LogP contribution in [-0.4, -0.2) is 21.7 Å². The lowest BCUT2D eigenvalue weighted by molar-refractivity contribution is 0.145. The van der Waals surface area contributed by atoms with Gasteiger partial charge in [0.25, 0.3) is 6.43 Å². The summed E-state index contributed by atoms with van der Waals surface area (Å²) < 4.78 is 24.2. The Hall–Kier alpha value is -1.14. The predicted octanol–water partition coefficient (Wildman–Crippen LogP) is 0.406. The fourth-order valence-electron chi connectivity index (χ4n) is 0.774. The Morgan fingerprint density at radius 3 is 2.54 bits per heavy atom. The molecule has 6 heteroatoms. The van der Waals surface area contributed by atoms with Crippen molar-refractivity contribution >= 4 is 0 Å². The largest absolute Gasteiger partial charge is 0.394 e. The fourth-order valence-corrected chi connectivity index (χ4v) is 0.774. The molecule has 0 aliphatic carbocycles. The van der Waals surface area contributed by atoms with Crippen LogP contribution in [0.1, 0.15) is 23.9 Å². The fraction of sp³-hybridized carbons (Fsp3) is 0.429. The van der Waals surface area contributed by atoms with Gasteiger partial charge < -0.3 is 10.8 Å². The van der Waals surface area contributed by atoms with Crippen LogP contribution in [0.3, 0.4) is 0 Å². The van der Waals surface area contributed by atoms with Gasteiger partial charge >= 0.3 is 0 Å².